The maximum Gasteiger partial charge on any atom is 0.132 e. The molecule has 1 aromatic carbocycles. The predicted molar refractivity (Wildman–Crippen MR) is 115 cm³/mol. The Bertz CT molecular complexity index is 373. The molecule has 0 aromatic heterocycles. The van der Waals surface area contributed by atoms with E-state index in [0.29, 0.717) is 0 Å². The van der Waals surface area contributed by atoms with Crippen LogP contribution in [0.15, 0.2) is 30.3 Å². The molecule has 0 atom stereocenters. The second-order valence-corrected chi connectivity index (χ2v) is 7.83. The van der Waals surface area contributed by atoms with E-state index in [1.165, 1.54) is 101 Å². The van der Waals surface area contributed by atoms with E-state index in [2.05, 4.69) is 51.1 Å². The number of quaternary nitrogens is 1. The van der Waals surface area contributed by atoms with Crippen LogP contribution in [-0.2, 0) is 0 Å². The number of unbranched alkanes of at least 4 members (excludes halogenated alkanes) is 9. The fraction of sp³-hybridized carbons (Fsp3) is 0.750. The highest BCUT2D eigenvalue weighted by atomic mass is 79.9. The van der Waals surface area contributed by atoms with Crippen LogP contribution in [0.5, 0.6) is 0 Å². The van der Waals surface area contributed by atoms with Crippen LogP contribution in [0.4, 0.5) is 5.69 Å². The summed E-state index contributed by atoms with van der Waals surface area (Å²) in [4.78, 5) is 0. The zero-order valence-electron chi connectivity index (χ0n) is 17.8. The highest BCUT2D eigenvalue weighted by molar-refractivity contribution is 5.42. The molecule has 0 spiro atoms. The van der Waals surface area contributed by atoms with Crippen molar-refractivity contribution in [3.05, 3.63) is 30.3 Å². The Morgan fingerprint density at radius 3 is 1.27 bits per heavy atom. The molecule has 0 N–H and O–H groups in total. The Morgan fingerprint density at radius 2 is 0.923 bits per heavy atom. The molecule has 0 unspecified atom stereocenters. The van der Waals surface area contributed by atoms with Crippen molar-refractivity contribution >= 4 is 5.69 Å². The van der Waals surface area contributed by atoms with Crippen LogP contribution < -0.4 is 21.5 Å². The van der Waals surface area contributed by atoms with Crippen molar-refractivity contribution in [2.75, 3.05) is 19.6 Å². The lowest BCUT2D eigenvalue weighted by atomic mass is 10.1. The van der Waals surface area contributed by atoms with E-state index < -0.39 is 0 Å². The zero-order valence-corrected chi connectivity index (χ0v) is 19.4. The molecule has 26 heavy (non-hydrogen) atoms. The third kappa shape index (κ3) is 10.1. The molecule has 0 heterocycles. The van der Waals surface area contributed by atoms with Crippen LogP contribution in [0.3, 0.4) is 0 Å². The summed E-state index contributed by atoms with van der Waals surface area (Å²) in [5.74, 6) is 0. The van der Waals surface area contributed by atoms with Gasteiger partial charge in [0.05, 0.1) is 19.6 Å². The minimum absolute atomic E-state index is 0. The molecular formula is C24H44BrN. The third-order valence-electron chi connectivity index (χ3n) is 5.62. The van der Waals surface area contributed by atoms with Gasteiger partial charge in [-0.1, -0.05) is 77.5 Å². The minimum atomic E-state index is 0. The maximum absolute atomic E-state index is 2.39. The standard InChI is InChI=1S/C24H44N.BrH/c1-4-7-10-16-21-25(22-17-11-8-5-2,23-18-12-9-6-3)24-19-14-13-15-20-24;/h13-15,19-20H,4-12,16-18,21-23H2,1-3H3;1H/q+1;/p-1. The van der Waals surface area contributed by atoms with Crippen molar-refractivity contribution in [1.29, 1.82) is 0 Å². The van der Waals surface area contributed by atoms with Gasteiger partial charge >= 0.3 is 0 Å². The maximum atomic E-state index is 2.39. The van der Waals surface area contributed by atoms with Crippen molar-refractivity contribution in [1.82, 2.24) is 4.48 Å². The first-order chi connectivity index (χ1) is 12.3. The van der Waals surface area contributed by atoms with Crippen LogP contribution in [0.2, 0.25) is 0 Å². The number of hydrogen-bond donors (Lipinski definition) is 0. The minimum Gasteiger partial charge on any atom is -1.00 e. The van der Waals surface area contributed by atoms with Crippen molar-refractivity contribution < 1.29 is 17.0 Å². The van der Waals surface area contributed by atoms with Crippen LogP contribution in [0.25, 0.3) is 0 Å². The molecule has 1 nitrogen and oxygen atoms in total. The molecule has 0 saturated heterocycles. The number of benzene rings is 1. The molecule has 0 aliphatic rings. The van der Waals surface area contributed by atoms with Crippen molar-refractivity contribution in [3.63, 3.8) is 0 Å². The summed E-state index contributed by atoms with van der Waals surface area (Å²) in [5, 5.41) is 0. The quantitative estimate of drug-likeness (QED) is 0.265. The van der Waals surface area contributed by atoms with E-state index in [9.17, 15) is 0 Å². The van der Waals surface area contributed by atoms with Gasteiger partial charge in [-0.2, -0.15) is 0 Å². The first-order valence-electron chi connectivity index (χ1n) is 11.2. The fourth-order valence-corrected chi connectivity index (χ4v) is 3.99. The van der Waals surface area contributed by atoms with Gasteiger partial charge < -0.3 is 17.0 Å². The molecule has 2 heteroatoms. The van der Waals surface area contributed by atoms with Gasteiger partial charge in [-0.05, 0) is 50.7 Å². The molecule has 0 amide bonds. The summed E-state index contributed by atoms with van der Waals surface area (Å²) in [7, 11) is 0. The fourth-order valence-electron chi connectivity index (χ4n) is 3.99. The average molecular weight is 427 g/mol. The molecule has 152 valence electrons. The van der Waals surface area contributed by atoms with Crippen molar-refractivity contribution in [2.45, 2.75) is 97.8 Å². The Balaban J connectivity index is 0.00000625. The number of hydrogen-bond acceptors (Lipinski definition) is 0. The van der Waals surface area contributed by atoms with E-state index in [1.54, 1.807) is 5.69 Å². The Labute approximate surface area is 174 Å². The van der Waals surface area contributed by atoms with E-state index in [1.807, 2.05) is 0 Å². The van der Waals surface area contributed by atoms with Gasteiger partial charge in [0, 0.05) is 0 Å². The smallest absolute Gasteiger partial charge is 0.132 e. The van der Waals surface area contributed by atoms with Gasteiger partial charge in [0.15, 0.2) is 0 Å². The molecule has 0 radical (unpaired) electrons. The summed E-state index contributed by atoms with van der Waals surface area (Å²) in [5.41, 5.74) is 1.56. The Morgan fingerprint density at radius 1 is 0.538 bits per heavy atom. The number of halogens is 1. The Hall–Kier alpha value is -0.340. The van der Waals surface area contributed by atoms with Gasteiger partial charge in [-0.3, -0.25) is 4.48 Å². The van der Waals surface area contributed by atoms with Crippen LogP contribution in [-0.4, -0.2) is 19.6 Å². The third-order valence-corrected chi connectivity index (χ3v) is 5.62. The lowest BCUT2D eigenvalue weighted by molar-refractivity contribution is -0.00000552. The van der Waals surface area contributed by atoms with Gasteiger partial charge in [-0.15, -0.1) is 0 Å². The molecule has 1 aromatic rings. The van der Waals surface area contributed by atoms with Gasteiger partial charge in [0.2, 0.25) is 0 Å². The van der Waals surface area contributed by atoms with Crippen LogP contribution in [0.1, 0.15) is 97.8 Å². The molecule has 0 saturated carbocycles. The first kappa shape index (κ1) is 25.7. The predicted octanol–water partition coefficient (Wildman–Crippen LogP) is 4.74. The van der Waals surface area contributed by atoms with Crippen LogP contribution in [0, 0.1) is 0 Å². The molecule has 0 fully saturated rings. The van der Waals surface area contributed by atoms with Gasteiger partial charge in [0.1, 0.15) is 5.69 Å². The summed E-state index contributed by atoms with van der Waals surface area (Å²) < 4.78 is 1.23. The van der Waals surface area contributed by atoms with Crippen molar-refractivity contribution in [3.8, 4) is 0 Å². The van der Waals surface area contributed by atoms with Gasteiger partial charge in [0.25, 0.3) is 0 Å². The molecule has 0 aliphatic carbocycles. The monoisotopic (exact) mass is 425 g/mol. The van der Waals surface area contributed by atoms with E-state index in [-0.39, 0.29) is 17.0 Å². The van der Waals surface area contributed by atoms with E-state index in [0.717, 1.165) is 0 Å². The molecular weight excluding hydrogens is 382 g/mol. The summed E-state index contributed by atoms with van der Waals surface area (Å²) in [6.07, 6.45) is 16.5. The van der Waals surface area contributed by atoms with E-state index >= 15 is 0 Å². The SMILES string of the molecule is CCCCCC[N+](CCCCCC)(CCCCCC)c1ccccc1.[Br-]. The average Bonchev–Trinajstić information content (AvgIpc) is 2.66. The number of nitrogens with zero attached hydrogens (tertiary/aromatic N) is 1. The Kier molecular flexibility index (Phi) is 16.6. The highest BCUT2D eigenvalue weighted by Gasteiger charge is 2.28. The molecule has 0 bridgehead atoms. The molecule has 0 aliphatic heterocycles. The van der Waals surface area contributed by atoms with E-state index in [4.69, 9.17) is 0 Å². The largest absolute Gasteiger partial charge is 1.00 e. The van der Waals surface area contributed by atoms with Crippen LogP contribution >= 0.6 is 0 Å². The summed E-state index contributed by atoms with van der Waals surface area (Å²) >= 11 is 0. The summed E-state index contributed by atoms with van der Waals surface area (Å²) in [6.45, 7) is 10.9. The zero-order chi connectivity index (χ0) is 18.2. The highest BCUT2D eigenvalue weighted by Crippen LogP contribution is 2.27. The first-order valence-corrected chi connectivity index (χ1v) is 11.2. The normalized spacial score (nSPS) is 11.3. The summed E-state index contributed by atoms with van der Waals surface area (Å²) in [6, 6.07) is 11.4. The number of rotatable bonds is 16. The topological polar surface area (TPSA) is 0 Å². The van der Waals surface area contributed by atoms with Gasteiger partial charge in [-0.25, -0.2) is 0 Å². The van der Waals surface area contributed by atoms with Crippen molar-refractivity contribution in [2.24, 2.45) is 0 Å². The lowest BCUT2D eigenvalue weighted by Gasteiger charge is -2.39. The lowest BCUT2D eigenvalue weighted by Crippen LogP contribution is -3.00. The second kappa shape index (κ2) is 16.8. The molecule has 1 rings (SSSR count). The number of para-hydroxylation sites is 1. The second-order valence-electron chi connectivity index (χ2n) is 7.83.